The molecule has 3 rings (SSSR count). The Morgan fingerprint density at radius 2 is 2.00 bits per heavy atom. The number of carbonyl (C=O) groups is 1. The maximum atomic E-state index is 12.2. The SMILES string of the molecule is Cc1cccc2c1CNCC2NC(=O)CCc1ccccc1. The van der Waals surface area contributed by atoms with Crippen LogP contribution in [0.4, 0.5) is 0 Å². The summed E-state index contributed by atoms with van der Waals surface area (Å²) in [5.74, 6) is 0.116. The molecule has 2 aromatic carbocycles. The molecule has 1 aliphatic heterocycles. The van der Waals surface area contributed by atoms with Crippen LogP contribution in [0.25, 0.3) is 0 Å². The largest absolute Gasteiger partial charge is 0.348 e. The molecule has 2 aromatic rings. The van der Waals surface area contributed by atoms with Gasteiger partial charge < -0.3 is 10.6 Å². The summed E-state index contributed by atoms with van der Waals surface area (Å²) < 4.78 is 0. The highest BCUT2D eigenvalue weighted by atomic mass is 16.1. The maximum absolute atomic E-state index is 12.2. The second kappa shape index (κ2) is 6.75. The molecule has 114 valence electrons. The Morgan fingerprint density at radius 3 is 2.82 bits per heavy atom. The van der Waals surface area contributed by atoms with E-state index < -0.39 is 0 Å². The fourth-order valence-electron chi connectivity index (χ4n) is 3.04. The van der Waals surface area contributed by atoms with Crippen molar-refractivity contribution in [1.29, 1.82) is 0 Å². The van der Waals surface area contributed by atoms with Gasteiger partial charge in [0.05, 0.1) is 6.04 Å². The van der Waals surface area contributed by atoms with E-state index in [1.807, 2.05) is 18.2 Å². The van der Waals surface area contributed by atoms with E-state index in [9.17, 15) is 4.79 Å². The Bertz CT molecular complexity index is 652. The zero-order chi connectivity index (χ0) is 15.4. The van der Waals surface area contributed by atoms with Gasteiger partial charge in [0, 0.05) is 19.5 Å². The monoisotopic (exact) mass is 294 g/mol. The van der Waals surface area contributed by atoms with E-state index in [4.69, 9.17) is 0 Å². The molecule has 1 atom stereocenters. The number of nitrogens with one attached hydrogen (secondary N) is 2. The molecule has 3 heteroatoms. The summed E-state index contributed by atoms with van der Waals surface area (Å²) in [6.45, 7) is 3.81. The number of rotatable bonds is 4. The van der Waals surface area contributed by atoms with Crippen LogP contribution in [-0.2, 0) is 17.8 Å². The van der Waals surface area contributed by atoms with Crippen molar-refractivity contribution in [2.45, 2.75) is 32.4 Å². The molecule has 1 amide bonds. The van der Waals surface area contributed by atoms with Crippen molar-refractivity contribution in [2.24, 2.45) is 0 Å². The highest BCUT2D eigenvalue weighted by Gasteiger charge is 2.22. The van der Waals surface area contributed by atoms with Gasteiger partial charge in [-0.3, -0.25) is 4.79 Å². The van der Waals surface area contributed by atoms with Gasteiger partial charge in [-0.05, 0) is 35.6 Å². The van der Waals surface area contributed by atoms with Crippen LogP contribution in [0.1, 0.15) is 34.7 Å². The lowest BCUT2D eigenvalue weighted by Gasteiger charge is -2.28. The van der Waals surface area contributed by atoms with Crippen LogP contribution < -0.4 is 10.6 Å². The van der Waals surface area contributed by atoms with Gasteiger partial charge in [-0.1, -0.05) is 48.5 Å². The van der Waals surface area contributed by atoms with Gasteiger partial charge in [0.2, 0.25) is 5.91 Å². The molecule has 1 unspecified atom stereocenters. The van der Waals surface area contributed by atoms with Crippen molar-refractivity contribution in [3.8, 4) is 0 Å². The summed E-state index contributed by atoms with van der Waals surface area (Å²) in [5.41, 5.74) is 5.07. The van der Waals surface area contributed by atoms with Gasteiger partial charge in [-0.2, -0.15) is 0 Å². The quantitative estimate of drug-likeness (QED) is 0.910. The third-order valence-electron chi connectivity index (χ3n) is 4.29. The minimum absolute atomic E-state index is 0.0759. The Balaban J connectivity index is 1.62. The Labute approximate surface area is 131 Å². The first kappa shape index (κ1) is 14.8. The summed E-state index contributed by atoms with van der Waals surface area (Å²) in [4.78, 5) is 12.2. The van der Waals surface area contributed by atoms with Crippen LogP contribution in [0.3, 0.4) is 0 Å². The number of aryl methyl sites for hydroxylation is 2. The van der Waals surface area contributed by atoms with E-state index >= 15 is 0 Å². The molecule has 1 aliphatic rings. The zero-order valence-corrected chi connectivity index (χ0v) is 12.9. The van der Waals surface area contributed by atoms with Crippen LogP contribution >= 0.6 is 0 Å². The molecule has 0 bridgehead atoms. The second-order valence-corrected chi connectivity index (χ2v) is 5.88. The maximum Gasteiger partial charge on any atom is 0.220 e. The van der Waals surface area contributed by atoms with Gasteiger partial charge in [0.15, 0.2) is 0 Å². The van der Waals surface area contributed by atoms with E-state index in [1.165, 1.54) is 22.3 Å². The molecule has 0 saturated carbocycles. The molecular formula is C19H22N2O. The summed E-state index contributed by atoms with van der Waals surface area (Å²) in [5, 5.41) is 6.57. The summed E-state index contributed by atoms with van der Waals surface area (Å²) >= 11 is 0. The molecular weight excluding hydrogens is 272 g/mol. The van der Waals surface area contributed by atoms with E-state index in [1.54, 1.807) is 0 Å². The molecule has 0 fully saturated rings. The van der Waals surface area contributed by atoms with Crippen molar-refractivity contribution in [3.63, 3.8) is 0 Å². The van der Waals surface area contributed by atoms with Gasteiger partial charge in [0.1, 0.15) is 0 Å². The zero-order valence-electron chi connectivity index (χ0n) is 12.9. The third-order valence-corrected chi connectivity index (χ3v) is 4.29. The lowest BCUT2D eigenvalue weighted by Crippen LogP contribution is -2.39. The van der Waals surface area contributed by atoms with Crippen LogP contribution in [0.5, 0.6) is 0 Å². The predicted octanol–water partition coefficient (Wildman–Crippen LogP) is 2.89. The minimum Gasteiger partial charge on any atom is -0.348 e. The fraction of sp³-hybridized carbons (Fsp3) is 0.316. The van der Waals surface area contributed by atoms with Gasteiger partial charge in [0.25, 0.3) is 0 Å². The van der Waals surface area contributed by atoms with Crippen LogP contribution in [0.15, 0.2) is 48.5 Å². The molecule has 0 aliphatic carbocycles. The average Bonchev–Trinajstić information content (AvgIpc) is 2.55. The lowest BCUT2D eigenvalue weighted by atomic mass is 9.93. The van der Waals surface area contributed by atoms with Crippen molar-refractivity contribution >= 4 is 5.91 Å². The highest BCUT2D eigenvalue weighted by molar-refractivity contribution is 5.77. The van der Waals surface area contributed by atoms with E-state index in [-0.39, 0.29) is 11.9 Å². The molecule has 0 aromatic heterocycles. The molecule has 1 heterocycles. The van der Waals surface area contributed by atoms with Crippen LogP contribution in [0, 0.1) is 6.92 Å². The standard InChI is InChI=1S/C19H22N2O/c1-14-6-5-9-16-17(14)12-20-13-18(16)21-19(22)11-10-15-7-3-2-4-8-15/h2-9,18,20H,10-13H2,1H3,(H,21,22). The highest BCUT2D eigenvalue weighted by Crippen LogP contribution is 2.24. The van der Waals surface area contributed by atoms with Gasteiger partial charge in [-0.25, -0.2) is 0 Å². The van der Waals surface area contributed by atoms with Gasteiger partial charge in [-0.15, -0.1) is 0 Å². The topological polar surface area (TPSA) is 41.1 Å². The number of hydrogen-bond acceptors (Lipinski definition) is 2. The molecule has 0 radical (unpaired) electrons. The molecule has 2 N–H and O–H groups in total. The third kappa shape index (κ3) is 3.37. The van der Waals surface area contributed by atoms with Gasteiger partial charge >= 0.3 is 0 Å². The van der Waals surface area contributed by atoms with Crippen molar-refractivity contribution < 1.29 is 4.79 Å². The van der Waals surface area contributed by atoms with Crippen LogP contribution in [0.2, 0.25) is 0 Å². The Morgan fingerprint density at radius 1 is 1.18 bits per heavy atom. The smallest absolute Gasteiger partial charge is 0.220 e. The first-order valence-corrected chi connectivity index (χ1v) is 7.86. The number of hydrogen-bond donors (Lipinski definition) is 2. The Kier molecular flexibility index (Phi) is 4.54. The molecule has 22 heavy (non-hydrogen) atoms. The Hall–Kier alpha value is -2.13. The summed E-state index contributed by atoms with van der Waals surface area (Å²) in [7, 11) is 0. The number of fused-ring (bicyclic) bond motifs is 1. The number of amides is 1. The van der Waals surface area contributed by atoms with Crippen LogP contribution in [-0.4, -0.2) is 12.5 Å². The molecule has 0 spiro atoms. The normalized spacial score (nSPS) is 16.9. The fourth-order valence-corrected chi connectivity index (χ4v) is 3.04. The summed E-state index contributed by atoms with van der Waals surface area (Å²) in [6.07, 6.45) is 1.31. The van der Waals surface area contributed by atoms with E-state index in [2.05, 4.69) is 47.9 Å². The van der Waals surface area contributed by atoms with Crippen molar-refractivity contribution in [2.75, 3.05) is 6.54 Å². The average molecular weight is 294 g/mol. The second-order valence-electron chi connectivity index (χ2n) is 5.88. The lowest BCUT2D eigenvalue weighted by molar-refractivity contribution is -0.121. The summed E-state index contributed by atoms with van der Waals surface area (Å²) in [6, 6.07) is 16.5. The van der Waals surface area contributed by atoms with E-state index in [0.29, 0.717) is 6.42 Å². The first-order valence-electron chi connectivity index (χ1n) is 7.86. The minimum atomic E-state index is 0.0759. The number of benzene rings is 2. The number of carbonyl (C=O) groups excluding carboxylic acids is 1. The van der Waals surface area contributed by atoms with E-state index in [0.717, 1.165) is 19.5 Å². The molecule has 0 saturated heterocycles. The van der Waals surface area contributed by atoms with Crippen molar-refractivity contribution in [3.05, 3.63) is 70.8 Å². The van der Waals surface area contributed by atoms with Crippen molar-refractivity contribution in [1.82, 2.24) is 10.6 Å². The molecule has 3 nitrogen and oxygen atoms in total. The first-order chi connectivity index (χ1) is 10.7. The predicted molar refractivity (Wildman–Crippen MR) is 88.5 cm³/mol.